The zero-order valence-corrected chi connectivity index (χ0v) is 7.69. The first kappa shape index (κ1) is 7.92. The lowest BCUT2D eigenvalue weighted by Gasteiger charge is -2.38. The van der Waals surface area contributed by atoms with Gasteiger partial charge in [0.2, 0.25) is 0 Å². The average Bonchev–Trinajstić information content (AvgIpc) is 2.14. The number of benzene rings is 1. The van der Waals surface area contributed by atoms with Crippen LogP contribution in [0.2, 0.25) is 0 Å². The van der Waals surface area contributed by atoms with Gasteiger partial charge in [-0.1, -0.05) is 24.3 Å². The summed E-state index contributed by atoms with van der Waals surface area (Å²) in [5.74, 6) is 0.350. The number of ketones is 2. The van der Waals surface area contributed by atoms with Crippen molar-refractivity contribution >= 4 is 11.6 Å². The molecule has 1 fully saturated rings. The second-order valence-electron chi connectivity index (χ2n) is 4.06. The fraction of sp³-hybridized carbons (Fsp3) is 0.333. The van der Waals surface area contributed by atoms with Crippen LogP contribution < -0.4 is 0 Å². The van der Waals surface area contributed by atoms with Gasteiger partial charge < -0.3 is 0 Å². The van der Waals surface area contributed by atoms with E-state index in [1.54, 1.807) is 12.1 Å². The number of carbonyl (C=O) groups excluding carboxylic acids is 2. The summed E-state index contributed by atoms with van der Waals surface area (Å²) >= 11 is 0. The van der Waals surface area contributed by atoms with Crippen molar-refractivity contribution in [2.75, 3.05) is 0 Å². The summed E-state index contributed by atoms with van der Waals surface area (Å²) in [5, 5.41) is 0. The number of carbonyl (C=O) groups is 2. The van der Waals surface area contributed by atoms with Crippen molar-refractivity contribution in [2.45, 2.75) is 12.8 Å². The molecule has 0 spiro atoms. The fourth-order valence-corrected chi connectivity index (χ4v) is 2.44. The van der Waals surface area contributed by atoms with E-state index in [2.05, 4.69) is 0 Å². The molecule has 1 aromatic carbocycles. The van der Waals surface area contributed by atoms with Crippen LogP contribution in [0.4, 0.5) is 0 Å². The van der Waals surface area contributed by atoms with Crippen LogP contribution in [0.1, 0.15) is 33.6 Å². The molecule has 2 aliphatic carbocycles. The van der Waals surface area contributed by atoms with Crippen molar-refractivity contribution in [3.05, 3.63) is 35.4 Å². The minimum Gasteiger partial charge on any atom is -0.294 e. The molecular weight excluding hydrogens is 176 g/mol. The molecule has 1 aromatic rings. The Balaban J connectivity index is 2.21. The van der Waals surface area contributed by atoms with Crippen LogP contribution >= 0.6 is 0 Å². The van der Waals surface area contributed by atoms with E-state index in [9.17, 15) is 9.59 Å². The van der Waals surface area contributed by atoms with Gasteiger partial charge in [0, 0.05) is 23.0 Å². The number of rotatable bonds is 0. The zero-order chi connectivity index (χ0) is 9.71. The molecule has 0 amide bonds. The normalized spacial score (nSPS) is 29.1. The van der Waals surface area contributed by atoms with Crippen LogP contribution in [0.15, 0.2) is 24.3 Å². The molecule has 2 atom stereocenters. The van der Waals surface area contributed by atoms with Crippen LogP contribution in [0.25, 0.3) is 0 Å². The van der Waals surface area contributed by atoms with Gasteiger partial charge in [0.15, 0.2) is 11.6 Å². The van der Waals surface area contributed by atoms with E-state index in [-0.39, 0.29) is 23.4 Å². The summed E-state index contributed by atoms with van der Waals surface area (Å²) in [6, 6.07) is 7.18. The molecule has 0 radical (unpaired) electrons. The quantitative estimate of drug-likeness (QED) is 0.621. The Kier molecular flexibility index (Phi) is 1.43. The van der Waals surface area contributed by atoms with Gasteiger partial charge in [-0.15, -0.1) is 0 Å². The van der Waals surface area contributed by atoms with Crippen molar-refractivity contribution in [3.63, 3.8) is 0 Å². The first-order valence-electron chi connectivity index (χ1n) is 4.96. The third-order valence-electron chi connectivity index (χ3n) is 3.41. The first-order valence-corrected chi connectivity index (χ1v) is 4.96. The third-order valence-corrected chi connectivity index (χ3v) is 3.41. The van der Waals surface area contributed by atoms with E-state index < -0.39 is 0 Å². The van der Waals surface area contributed by atoms with Crippen molar-refractivity contribution in [1.82, 2.24) is 0 Å². The molecule has 14 heavy (non-hydrogen) atoms. The van der Waals surface area contributed by atoms with E-state index in [0.29, 0.717) is 11.1 Å². The third kappa shape index (κ3) is 0.808. The van der Waals surface area contributed by atoms with Crippen LogP contribution in [-0.2, 0) is 0 Å². The maximum absolute atomic E-state index is 11.9. The summed E-state index contributed by atoms with van der Waals surface area (Å²) in [5.41, 5.74) is 1.27. The van der Waals surface area contributed by atoms with Gasteiger partial charge in [0.05, 0.1) is 0 Å². The highest BCUT2D eigenvalue weighted by molar-refractivity contribution is 6.16. The predicted molar refractivity (Wildman–Crippen MR) is 51.3 cm³/mol. The molecule has 0 aromatic heterocycles. The van der Waals surface area contributed by atoms with E-state index in [1.807, 2.05) is 12.1 Å². The lowest BCUT2D eigenvalue weighted by atomic mass is 9.62. The lowest BCUT2D eigenvalue weighted by molar-refractivity contribution is 0.0583. The Morgan fingerprint density at radius 1 is 0.857 bits per heavy atom. The van der Waals surface area contributed by atoms with Crippen LogP contribution in [-0.4, -0.2) is 11.6 Å². The monoisotopic (exact) mass is 186 g/mol. The van der Waals surface area contributed by atoms with E-state index in [1.165, 1.54) is 0 Å². The van der Waals surface area contributed by atoms with E-state index in [0.717, 1.165) is 12.8 Å². The van der Waals surface area contributed by atoms with Crippen molar-refractivity contribution < 1.29 is 9.59 Å². The van der Waals surface area contributed by atoms with E-state index >= 15 is 0 Å². The van der Waals surface area contributed by atoms with Gasteiger partial charge in [0.25, 0.3) is 0 Å². The van der Waals surface area contributed by atoms with Gasteiger partial charge in [-0.3, -0.25) is 9.59 Å². The van der Waals surface area contributed by atoms with Gasteiger partial charge in [-0.25, -0.2) is 0 Å². The Morgan fingerprint density at radius 2 is 1.29 bits per heavy atom. The topological polar surface area (TPSA) is 34.1 Å². The van der Waals surface area contributed by atoms with E-state index in [4.69, 9.17) is 0 Å². The van der Waals surface area contributed by atoms with Crippen LogP contribution in [0, 0.1) is 11.8 Å². The molecule has 3 rings (SSSR count). The number of Topliss-reactive ketones (excluding diaryl/α,β-unsaturated/α-hetero) is 2. The Bertz CT molecular complexity index is 393. The molecule has 0 saturated heterocycles. The standard InChI is InChI=1S/C12H10O2/c13-11-7-3-1-2-4-8(7)12(14)10-6-5-9(10)11/h1-4,9-10H,5-6H2. The van der Waals surface area contributed by atoms with Crippen molar-refractivity contribution in [3.8, 4) is 0 Å². The summed E-state index contributed by atoms with van der Waals surface area (Å²) in [6.07, 6.45) is 1.78. The number of fused-ring (bicyclic) bond motifs is 2. The maximum atomic E-state index is 11.9. The van der Waals surface area contributed by atoms with Crippen molar-refractivity contribution in [1.29, 1.82) is 0 Å². The molecule has 2 heteroatoms. The van der Waals surface area contributed by atoms with Gasteiger partial charge in [-0.2, -0.15) is 0 Å². The molecular formula is C12H10O2. The Morgan fingerprint density at radius 3 is 1.64 bits per heavy atom. The second-order valence-corrected chi connectivity index (χ2v) is 4.06. The molecule has 0 aliphatic heterocycles. The minimum absolute atomic E-state index is 0.00241. The van der Waals surface area contributed by atoms with Crippen LogP contribution in [0.5, 0.6) is 0 Å². The van der Waals surface area contributed by atoms with Gasteiger partial charge in [-0.05, 0) is 12.8 Å². The molecule has 2 unspecified atom stereocenters. The summed E-state index contributed by atoms with van der Waals surface area (Å²) < 4.78 is 0. The molecule has 2 aliphatic rings. The average molecular weight is 186 g/mol. The zero-order valence-electron chi connectivity index (χ0n) is 7.69. The Hall–Kier alpha value is -1.44. The van der Waals surface area contributed by atoms with Crippen LogP contribution in [0.3, 0.4) is 0 Å². The minimum atomic E-state index is -0.00241. The SMILES string of the molecule is O=C1c2ccccc2C(=O)C2CCC12. The summed E-state index contributed by atoms with van der Waals surface area (Å²) in [6.45, 7) is 0. The maximum Gasteiger partial charge on any atom is 0.167 e. The number of hydrogen-bond donors (Lipinski definition) is 0. The first-order chi connectivity index (χ1) is 6.79. The highest BCUT2D eigenvalue weighted by Gasteiger charge is 2.46. The Labute approximate surface area is 81.9 Å². The number of hydrogen-bond acceptors (Lipinski definition) is 2. The predicted octanol–water partition coefficient (Wildman–Crippen LogP) is 2.09. The molecule has 2 nitrogen and oxygen atoms in total. The fourth-order valence-electron chi connectivity index (χ4n) is 2.44. The summed E-state index contributed by atoms with van der Waals surface area (Å²) in [7, 11) is 0. The highest BCUT2D eigenvalue weighted by atomic mass is 16.1. The molecule has 70 valence electrons. The van der Waals surface area contributed by atoms with Gasteiger partial charge in [0.1, 0.15) is 0 Å². The molecule has 0 heterocycles. The summed E-state index contributed by atoms with van der Waals surface area (Å²) in [4.78, 5) is 23.7. The van der Waals surface area contributed by atoms with Crippen molar-refractivity contribution in [2.24, 2.45) is 11.8 Å². The molecule has 1 saturated carbocycles. The smallest absolute Gasteiger partial charge is 0.167 e. The molecule has 0 N–H and O–H groups in total. The largest absolute Gasteiger partial charge is 0.294 e. The lowest BCUT2D eigenvalue weighted by Crippen LogP contribution is -2.43. The second kappa shape index (κ2) is 2.53. The van der Waals surface area contributed by atoms with Gasteiger partial charge >= 0.3 is 0 Å². The molecule has 0 bridgehead atoms. The highest BCUT2D eigenvalue weighted by Crippen LogP contribution is 2.43.